The van der Waals surface area contributed by atoms with Gasteiger partial charge in [0.1, 0.15) is 12.1 Å². The normalized spacial score (nSPS) is 10.9. The predicted molar refractivity (Wildman–Crippen MR) is 62.7 cm³/mol. The van der Waals surface area contributed by atoms with E-state index in [9.17, 15) is 0 Å². The van der Waals surface area contributed by atoms with Crippen LogP contribution in [0.2, 0.25) is 0 Å². The van der Waals surface area contributed by atoms with Gasteiger partial charge in [-0.3, -0.25) is 5.10 Å². The van der Waals surface area contributed by atoms with Crippen LogP contribution in [-0.2, 0) is 4.74 Å². The molecular formula is C10H15N5O2. The highest BCUT2D eigenvalue weighted by molar-refractivity contribution is 5.85. The van der Waals surface area contributed by atoms with Gasteiger partial charge in [0.2, 0.25) is 0 Å². The van der Waals surface area contributed by atoms with E-state index in [1.807, 2.05) is 0 Å². The third kappa shape index (κ3) is 3.11. The predicted octanol–water partition coefficient (Wildman–Crippen LogP) is 0.164. The zero-order chi connectivity index (χ0) is 11.9. The minimum atomic E-state index is 0.0645. The van der Waals surface area contributed by atoms with Crippen molar-refractivity contribution in [3.05, 3.63) is 12.5 Å². The lowest BCUT2D eigenvalue weighted by atomic mass is 10.3. The lowest BCUT2D eigenvalue weighted by molar-refractivity contribution is 0.0922. The Morgan fingerprint density at radius 2 is 2.29 bits per heavy atom. The molecule has 0 saturated carbocycles. The first kappa shape index (κ1) is 11.7. The highest BCUT2D eigenvalue weighted by Crippen LogP contribution is 2.15. The van der Waals surface area contributed by atoms with Crippen LogP contribution < -0.4 is 5.32 Å². The third-order valence-corrected chi connectivity index (χ3v) is 2.24. The van der Waals surface area contributed by atoms with Gasteiger partial charge in [0, 0.05) is 13.2 Å². The molecule has 0 atom stereocenters. The summed E-state index contributed by atoms with van der Waals surface area (Å²) in [7, 11) is 0. The molecule has 3 N–H and O–H groups in total. The zero-order valence-corrected chi connectivity index (χ0v) is 9.39. The number of fused-ring (bicyclic) bond motifs is 1. The van der Waals surface area contributed by atoms with Crippen molar-refractivity contribution in [1.29, 1.82) is 0 Å². The van der Waals surface area contributed by atoms with Crippen LogP contribution in [0, 0.1) is 0 Å². The van der Waals surface area contributed by atoms with Gasteiger partial charge in [-0.25, -0.2) is 9.97 Å². The largest absolute Gasteiger partial charge is 0.394 e. The van der Waals surface area contributed by atoms with Crippen LogP contribution in [0.5, 0.6) is 0 Å². The van der Waals surface area contributed by atoms with Gasteiger partial charge in [-0.1, -0.05) is 0 Å². The highest BCUT2D eigenvalue weighted by Gasteiger charge is 2.03. The number of ether oxygens (including phenoxy) is 1. The maximum absolute atomic E-state index is 8.53. The second-order valence-corrected chi connectivity index (χ2v) is 3.47. The summed E-state index contributed by atoms with van der Waals surface area (Å²) >= 11 is 0. The average Bonchev–Trinajstić information content (AvgIpc) is 2.82. The first-order valence-electron chi connectivity index (χ1n) is 5.48. The van der Waals surface area contributed by atoms with E-state index in [4.69, 9.17) is 9.84 Å². The molecule has 2 rings (SSSR count). The molecule has 7 nitrogen and oxygen atoms in total. The van der Waals surface area contributed by atoms with Crippen LogP contribution in [0.1, 0.15) is 6.42 Å². The summed E-state index contributed by atoms with van der Waals surface area (Å²) < 4.78 is 5.15. The van der Waals surface area contributed by atoms with Crippen LogP contribution in [-0.4, -0.2) is 51.6 Å². The fraction of sp³-hybridized carbons (Fsp3) is 0.500. The molecule has 17 heavy (non-hydrogen) atoms. The number of aromatic amines is 1. The van der Waals surface area contributed by atoms with E-state index in [-0.39, 0.29) is 6.61 Å². The van der Waals surface area contributed by atoms with Gasteiger partial charge >= 0.3 is 0 Å². The molecule has 0 aromatic carbocycles. The first-order valence-corrected chi connectivity index (χ1v) is 5.48. The highest BCUT2D eigenvalue weighted by atomic mass is 16.5. The summed E-state index contributed by atoms with van der Waals surface area (Å²) in [6.45, 7) is 1.82. The Bertz CT molecular complexity index is 459. The first-order chi connectivity index (χ1) is 8.42. The maximum atomic E-state index is 8.53. The van der Waals surface area contributed by atoms with Gasteiger partial charge in [0.25, 0.3) is 0 Å². The van der Waals surface area contributed by atoms with Crippen molar-refractivity contribution in [1.82, 2.24) is 20.2 Å². The Morgan fingerprint density at radius 3 is 3.18 bits per heavy atom. The fourth-order valence-electron chi connectivity index (χ4n) is 1.45. The Labute approximate surface area is 98.2 Å². The summed E-state index contributed by atoms with van der Waals surface area (Å²) in [6, 6.07) is 0. The summed E-state index contributed by atoms with van der Waals surface area (Å²) in [5, 5.41) is 19.3. The molecule has 92 valence electrons. The number of H-pyrrole nitrogens is 1. The SMILES string of the molecule is OCCOCCCNc1ncnc2[nH]ncc12. The number of anilines is 1. The van der Waals surface area contributed by atoms with E-state index in [0.717, 1.165) is 29.8 Å². The van der Waals surface area contributed by atoms with Crippen molar-refractivity contribution in [2.24, 2.45) is 0 Å². The standard InChI is InChI=1S/C10H15N5O2/c16-3-5-17-4-1-2-11-9-8-6-14-15-10(8)13-7-12-9/h6-7,16H,1-5H2,(H2,11,12,13,14,15). The molecule has 0 fully saturated rings. The van der Waals surface area contributed by atoms with Crippen molar-refractivity contribution >= 4 is 16.9 Å². The molecule has 0 radical (unpaired) electrons. The molecule has 7 heteroatoms. The van der Waals surface area contributed by atoms with Crippen LogP contribution in [0.15, 0.2) is 12.5 Å². The number of hydrogen-bond acceptors (Lipinski definition) is 6. The second kappa shape index (κ2) is 6.12. The molecule has 0 aliphatic heterocycles. The van der Waals surface area contributed by atoms with Crippen LogP contribution >= 0.6 is 0 Å². The summed E-state index contributed by atoms with van der Waals surface area (Å²) in [5.74, 6) is 0.769. The molecule has 0 aliphatic rings. The van der Waals surface area contributed by atoms with Crippen molar-refractivity contribution in [2.45, 2.75) is 6.42 Å². The maximum Gasteiger partial charge on any atom is 0.160 e. The van der Waals surface area contributed by atoms with E-state index < -0.39 is 0 Å². The number of hydrogen-bond donors (Lipinski definition) is 3. The van der Waals surface area contributed by atoms with Gasteiger partial charge in [0.05, 0.1) is 24.8 Å². The molecule has 2 heterocycles. The molecule has 0 amide bonds. The second-order valence-electron chi connectivity index (χ2n) is 3.47. The Morgan fingerprint density at radius 1 is 1.35 bits per heavy atom. The minimum Gasteiger partial charge on any atom is -0.394 e. The van der Waals surface area contributed by atoms with E-state index in [1.54, 1.807) is 6.20 Å². The minimum absolute atomic E-state index is 0.0645. The monoisotopic (exact) mass is 237 g/mol. The van der Waals surface area contributed by atoms with E-state index in [1.165, 1.54) is 6.33 Å². The number of aliphatic hydroxyl groups is 1. The van der Waals surface area contributed by atoms with Crippen molar-refractivity contribution in [3.63, 3.8) is 0 Å². The molecule has 0 unspecified atom stereocenters. The summed E-state index contributed by atoms with van der Waals surface area (Å²) in [6.07, 6.45) is 4.04. The Kier molecular flexibility index (Phi) is 4.23. The van der Waals surface area contributed by atoms with Gasteiger partial charge in [-0.05, 0) is 6.42 Å². The van der Waals surface area contributed by atoms with E-state index in [2.05, 4.69) is 25.5 Å². The summed E-state index contributed by atoms with van der Waals surface area (Å²) in [5.41, 5.74) is 0.721. The van der Waals surface area contributed by atoms with Crippen LogP contribution in [0.3, 0.4) is 0 Å². The summed E-state index contributed by atoms with van der Waals surface area (Å²) in [4.78, 5) is 8.20. The van der Waals surface area contributed by atoms with Gasteiger partial charge in [-0.2, -0.15) is 5.10 Å². The molecule has 2 aromatic heterocycles. The molecule has 2 aromatic rings. The van der Waals surface area contributed by atoms with Gasteiger partial charge in [0.15, 0.2) is 5.65 Å². The Hall–Kier alpha value is -1.73. The van der Waals surface area contributed by atoms with Gasteiger partial charge in [-0.15, -0.1) is 0 Å². The average molecular weight is 237 g/mol. The lowest BCUT2D eigenvalue weighted by Crippen LogP contribution is -2.08. The number of aromatic nitrogens is 4. The van der Waals surface area contributed by atoms with Crippen molar-refractivity contribution < 1.29 is 9.84 Å². The number of aliphatic hydroxyl groups excluding tert-OH is 1. The topological polar surface area (TPSA) is 96.0 Å². The molecule has 0 bridgehead atoms. The smallest absolute Gasteiger partial charge is 0.160 e. The lowest BCUT2D eigenvalue weighted by Gasteiger charge is -2.06. The number of nitrogens with one attached hydrogen (secondary N) is 2. The quantitative estimate of drug-likeness (QED) is 0.594. The molecule has 0 aliphatic carbocycles. The van der Waals surface area contributed by atoms with Crippen molar-refractivity contribution in [3.8, 4) is 0 Å². The number of rotatable bonds is 7. The number of nitrogens with zero attached hydrogens (tertiary/aromatic N) is 3. The molecule has 0 saturated heterocycles. The Balaban J connectivity index is 1.80. The van der Waals surface area contributed by atoms with Gasteiger partial charge < -0.3 is 15.2 Å². The molecular weight excluding hydrogens is 222 g/mol. The fourth-order valence-corrected chi connectivity index (χ4v) is 1.45. The molecule has 0 spiro atoms. The zero-order valence-electron chi connectivity index (χ0n) is 9.39. The van der Waals surface area contributed by atoms with Crippen LogP contribution in [0.25, 0.3) is 11.0 Å². The van der Waals surface area contributed by atoms with Crippen LogP contribution in [0.4, 0.5) is 5.82 Å². The van der Waals surface area contributed by atoms with Crippen molar-refractivity contribution in [2.75, 3.05) is 31.7 Å². The van der Waals surface area contributed by atoms with E-state index >= 15 is 0 Å². The van der Waals surface area contributed by atoms with E-state index in [0.29, 0.717) is 13.2 Å². The third-order valence-electron chi connectivity index (χ3n) is 2.24.